The van der Waals surface area contributed by atoms with E-state index in [1.165, 1.54) is 4.90 Å². The summed E-state index contributed by atoms with van der Waals surface area (Å²) >= 11 is 0. The minimum absolute atomic E-state index is 0.00852. The van der Waals surface area contributed by atoms with E-state index in [0.717, 1.165) is 24.0 Å². The van der Waals surface area contributed by atoms with Gasteiger partial charge in [0.2, 0.25) is 0 Å². The third-order valence-electron chi connectivity index (χ3n) is 4.56. The lowest BCUT2D eigenvalue weighted by Crippen LogP contribution is -2.31. The minimum atomic E-state index is -0.275. The van der Waals surface area contributed by atoms with Crippen molar-refractivity contribution in [3.63, 3.8) is 0 Å². The fourth-order valence-corrected chi connectivity index (χ4v) is 2.71. The predicted molar refractivity (Wildman–Crippen MR) is 104 cm³/mol. The number of hydrogen-bond acceptors (Lipinski definition) is 5. The number of benzene rings is 2. The van der Waals surface area contributed by atoms with Crippen LogP contribution < -0.4 is 9.47 Å². The molecule has 0 aliphatic heterocycles. The molecule has 2 aromatic carbocycles. The molecular weight excluding hydrogens is 358 g/mol. The topological polar surface area (TPSA) is 65.1 Å². The second-order valence-corrected chi connectivity index (χ2v) is 6.89. The van der Waals surface area contributed by atoms with Gasteiger partial charge in [0.05, 0.1) is 13.0 Å². The summed E-state index contributed by atoms with van der Waals surface area (Å²) in [6.07, 6.45) is 1.72. The van der Waals surface area contributed by atoms with E-state index in [1.54, 1.807) is 14.2 Å². The van der Waals surface area contributed by atoms with E-state index in [1.807, 2.05) is 48.5 Å². The first kappa shape index (κ1) is 19.7. The van der Waals surface area contributed by atoms with E-state index >= 15 is 0 Å². The van der Waals surface area contributed by atoms with Gasteiger partial charge in [-0.15, -0.1) is 0 Å². The number of carbonyl (C=O) groups excluding carboxylic acids is 2. The molecule has 0 radical (unpaired) electrons. The molecule has 3 rings (SSSR count). The van der Waals surface area contributed by atoms with Crippen molar-refractivity contribution in [3.05, 3.63) is 59.7 Å². The normalized spacial score (nSPS) is 12.9. The van der Waals surface area contributed by atoms with Crippen LogP contribution in [0.15, 0.2) is 48.5 Å². The molecule has 0 aromatic heterocycles. The highest BCUT2D eigenvalue weighted by Gasteiger charge is 2.31. The number of rotatable bonds is 9. The Labute approximate surface area is 165 Å². The summed E-state index contributed by atoms with van der Waals surface area (Å²) in [4.78, 5) is 25.2. The van der Waals surface area contributed by atoms with Gasteiger partial charge in [0, 0.05) is 13.6 Å². The van der Waals surface area contributed by atoms with Crippen LogP contribution in [-0.4, -0.2) is 37.5 Å². The van der Waals surface area contributed by atoms with Crippen LogP contribution in [-0.2, 0) is 27.5 Å². The lowest BCUT2D eigenvalue weighted by molar-refractivity contribution is -0.152. The lowest BCUT2D eigenvalue weighted by atomic mass is 10.2. The van der Waals surface area contributed by atoms with Gasteiger partial charge in [0.25, 0.3) is 5.91 Å². The maximum absolute atomic E-state index is 12.2. The van der Waals surface area contributed by atoms with Gasteiger partial charge in [-0.2, -0.15) is 0 Å². The number of methoxy groups -OCH3 is 1. The van der Waals surface area contributed by atoms with Crippen molar-refractivity contribution in [2.75, 3.05) is 20.8 Å². The molecule has 6 nitrogen and oxygen atoms in total. The molecule has 148 valence electrons. The van der Waals surface area contributed by atoms with Crippen molar-refractivity contribution in [2.45, 2.75) is 26.0 Å². The van der Waals surface area contributed by atoms with Gasteiger partial charge in [-0.25, -0.2) is 0 Å². The summed E-state index contributed by atoms with van der Waals surface area (Å²) in [5.41, 5.74) is 1.97. The maximum Gasteiger partial charge on any atom is 0.309 e. The van der Waals surface area contributed by atoms with E-state index in [-0.39, 0.29) is 24.4 Å². The molecule has 0 N–H and O–H groups in total. The van der Waals surface area contributed by atoms with Gasteiger partial charge in [0.1, 0.15) is 6.61 Å². The molecular formula is C22H25NO5. The number of esters is 1. The Hall–Kier alpha value is -3.02. The van der Waals surface area contributed by atoms with E-state index in [4.69, 9.17) is 14.2 Å². The average Bonchev–Trinajstić information content (AvgIpc) is 3.56. The Morgan fingerprint density at radius 3 is 2.46 bits per heavy atom. The highest BCUT2D eigenvalue weighted by Crippen LogP contribution is 2.30. The molecule has 1 saturated carbocycles. The van der Waals surface area contributed by atoms with Gasteiger partial charge < -0.3 is 19.1 Å². The molecule has 0 atom stereocenters. The Morgan fingerprint density at radius 1 is 1.04 bits per heavy atom. The summed E-state index contributed by atoms with van der Waals surface area (Å²) in [5.74, 6) is 0.725. The van der Waals surface area contributed by atoms with Crippen LogP contribution in [0, 0.1) is 5.92 Å². The van der Waals surface area contributed by atoms with Crippen LogP contribution in [0.5, 0.6) is 11.5 Å². The van der Waals surface area contributed by atoms with E-state index in [2.05, 4.69) is 0 Å². The van der Waals surface area contributed by atoms with Crippen LogP contribution in [0.4, 0.5) is 0 Å². The highest BCUT2D eigenvalue weighted by molar-refractivity contribution is 5.82. The zero-order chi connectivity index (χ0) is 19.9. The molecule has 1 amide bonds. The first-order chi connectivity index (χ1) is 13.6. The van der Waals surface area contributed by atoms with Crippen LogP contribution in [0.1, 0.15) is 24.0 Å². The molecule has 0 spiro atoms. The van der Waals surface area contributed by atoms with Gasteiger partial charge in [0.15, 0.2) is 18.1 Å². The van der Waals surface area contributed by atoms with Crippen LogP contribution in [0.3, 0.4) is 0 Å². The van der Waals surface area contributed by atoms with Crippen molar-refractivity contribution < 1.29 is 23.8 Å². The SMILES string of the molecule is COc1cc(CN(C)C(=O)COC(=O)C2CC2)ccc1OCc1ccccc1. The molecule has 0 bridgehead atoms. The molecule has 1 fully saturated rings. The number of amides is 1. The summed E-state index contributed by atoms with van der Waals surface area (Å²) < 4.78 is 16.3. The Balaban J connectivity index is 1.54. The number of nitrogens with zero attached hydrogens (tertiary/aromatic N) is 1. The molecule has 28 heavy (non-hydrogen) atoms. The van der Waals surface area contributed by atoms with E-state index in [9.17, 15) is 9.59 Å². The summed E-state index contributed by atoms with van der Waals surface area (Å²) in [6.45, 7) is 0.609. The monoisotopic (exact) mass is 383 g/mol. The van der Waals surface area contributed by atoms with Crippen molar-refractivity contribution in [2.24, 2.45) is 5.92 Å². The Bertz CT molecular complexity index is 817. The summed E-state index contributed by atoms with van der Waals surface area (Å²) in [5, 5.41) is 0. The molecule has 0 saturated heterocycles. The molecule has 0 unspecified atom stereocenters. The van der Waals surface area contributed by atoms with Gasteiger partial charge in [-0.05, 0) is 36.1 Å². The van der Waals surface area contributed by atoms with Crippen molar-refractivity contribution >= 4 is 11.9 Å². The summed E-state index contributed by atoms with van der Waals surface area (Å²) in [7, 11) is 3.26. The van der Waals surface area contributed by atoms with Crippen LogP contribution in [0.25, 0.3) is 0 Å². The van der Waals surface area contributed by atoms with Gasteiger partial charge >= 0.3 is 5.97 Å². The van der Waals surface area contributed by atoms with Crippen LogP contribution >= 0.6 is 0 Å². The second kappa shape index (κ2) is 9.26. The van der Waals surface area contributed by atoms with Gasteiger partial charge in [-0.3, -0.25) is 9.59 Å². The molecule has 1 aliphatic rings. The predicted octanol–water partition coefficient (Wildman–Crippen LogP) is 3.19. The van der Waals surface area contributed by atoms with Crippen molar-refractivity contribution in [1.82, 2.24) is 4.90 Å². The number of likely N-dealkylation sites (N-methyl/N-ethyl adjacent to an activating group) is 1. The molecule has 6 heteroatoms. The maximum atomic E-state index is 12.2. The number of hydrogen-bond donors (Lipinski definition) is 0. The van der Waals surface area contributed by atoms with Crippen molar-refractivity contribution in [1.29, 1.82) is 0 Å². The molecule has 2 aromatic rings. The molecule has 0 heterocycles. The first-order valence-electron chi connectivity index (χ1n) is 9.31. The lowest BCUT2D eigenvalue weighted by Gasteiger charge is -2.18. The highest BCUT2D eigenvalue weighted by atomic mass is 16.5. The van der Waals surface area contributed by atoms with E-state index in [0.29, 0.717) is 24.7 Å². The number of ether oxygens (including phenoxy) is 3. The fraction of sp³-hybridized carbons (Fsp3) is 0.364. The summed E-state index contributed by atoms with van der Waals surface area (Å²) in [6, 6.07) is 15.5. The zero-order valence-electron chi connectivity index (χ0n) is 16.2. The van der Waals surface area contributed by atoms with Gasteiger partial charge in [-0.1, -0.05) is 36.4 Å². The third-order valence-corrected chi connectivity index (χ3v) is 4.56. The largest absolute Gasteiger partial charge is 0.493 e. The smallest absolute Gasteiger partial charge is 0.309 e. The fourth-order valence-electron chi connectivity index (χ4n) is 2.71. The van der Waals surface area contributed by atoms with Crippen molar-refractivity contribution in [3.8, 4) is 11.5 Å². The standard InChI is InChI=1S/C22H25NO5/c1-23(21(24)15-28-22(25)18-9-10-18)13-17-8-11-19(20(12-17)26-2)27-14-16-6-4-3-5-7-16/h3-8,11-12,18H,9-10,13-15H2,1-2H3. The second-order valence-electron chi connectivity index (χ2n) is 6.89. The minimum Gasteiger partial charge on any atom is -0.493 e. The quantitative estimate of drug-likeness (QED) is 0.622. The Morgan fingerprint density at radius 2 is 1.79 bits per heavy atom. The van der Waals surface area contributed by atoms with Crippen LogP contribution in [0.2, 0.25) is 0 Å². The Kier molecular flexibility index (Phi) is 6.53. The molecule has 1 aliphatic carbocycles. The first-order valence-corrected chi connectivity index (χ1v) is 9.31. The third kappa shape index (κ3) is 5.49. The number of carbonyl (C=O) groups is 2. The average molecular weight is 383 g/mol. The zero-order valence-corrected chi connectivity index (χ0v) is 16.2. The van der Waals surface area contributed by atoms with E-state index < -0.39 is 0 Å².